The second kappa shape index (κ2) is 5.19. The largest absolute Gasteiger partial charge is 0.339 e. The van der Waals surface area contributed by atoms with Crippen molar-refractivity contribution < 1.29 is 0 Å². The van der Waals surface area contributed by atoms with Crippen LogP contribution in [0.15, 0.2) is 40.5 Å². The van der Waals surface area contributed by atoms with E-state index in [2.05, 4.69) is 26.0 Å². The van der Waals surface area contributed by atoms with Crippen LogP contribution in [0.25, 0.3) is 11.2 Å². The van der Waals surface area contributed by atoms with Crippen LogP contribution in [0.4, 0.5) is 0 Å². The van der Waals surface area contributed by atoms with E-state index in [1.165, 1.54) is 18.1 Å². The summed E-state index contributed by atoms with van der Waals surface area (Å²) in [6.07, 6.45) is 1.44. The first-order chi connectivity index (χ1) is 9.78. The Labute approximate surface area is 117 Å². The van der Waals surface area contributed by atoms with Crippen molar-refractivity contribution in [2.24, 2.45) is 0 Å². The minimum absolute atomic E-state index is 0.247. The summed E-state index contributed by atoms with van der Waals surface area (Å²) in [5.74, 6) is 0.558. The van der Waals surface area contributed by atoms with Gasteiger partial charge in [-0.3, -0.25) is 9.78 Å². The fourth-order valence-corrected chi connectivity index (χ4v) is 2.65. The van der Waals surface area contributed by atoms with E-state index in [0.717, 1.165) is 5.56 Å². The van der Waals surface area contributed by atoms with Crippen LogP contribution in [0.1, 0.15) is 11.1 Å². The molecular formula is C13H9N5OS. The van der Waals surface area contributed by atoms with E-state index in [0.29, 0.717) is 27.6 Å². The number of nitrogens with one attached hydrogen (secondary N) is 2. The van der Waals surface area contributed by atoms with Crippen molar-refractivity contribution in [2.45, 2.75) is 10.9 Å². The van der Waals surface area contributed by atoms with Gasteiger partial charge in [-0.25, -0.2) is 9.97 Å². The number of nitrogens with zero attached hydrogens (tertiary/aromatic N) is 3. The number of imidazole rings is 1. The number of H-pyrrole nitrogens is 2. The quantitative estimate of drug-likeness (QED) is 0.564. The Bertz CT molecular complexity index is 861. The number of thioether (sulfide) groups is 1. The molecule has 20 heavy (non-hydrogen) atoms. The van der Waals surface area contributed by atoms with Gasteiger partial charge in [0, 0.05) is 5.75 Å². The number of benzene rings is 1. The average molecular weight is 283 g/mol. The zero-order chi connectivity index (χ0) is 13.9. The summed E-state index contributed by atoms with van der Waals surface area (Å²) >= 11 is 1.36. The molecule has 0 atom stereocenters. The Morgan fingerprint density at radius 1 is 1.35 bits per heavy atom. The molecule has 0 spiro atoms. The van der Waals surface area contributed by atoms with E-state index in [9.17, 15) is 4.79 Å². The summed E-state index contributed by atoms with van der Waals surface area (Å²) in [5.41, 5.74) is 2.05. The molecule has 0 fully saturated rings. The topological polar surface area (TPSA) is 98.2 Å². The summed E-state index contributed by atoms with van der Waals surface area (Å²) in [5, 5.41) is 9.51. The zero-order valence-electron chi connectivity index (χ0n) is 10.3. The van der Waals surface area contributed by atoms with Crippen LogP contribution in [0.2, 0.25) is 0 Å². The van der Waals surface area contributed by atoms with Crippen LogP contribution >= 0.6 is 11.8 Å². The molecule has 2 heterocycles. The highest BCUT2D eigenvalue weighted by atomic mass is 32.2. The van der Waals surface area contributed by atoms with Gasteiger partial charge in [0.2, 0.25) is 0 Å². The molecule has 0 unspecified atom stereocenters. The van der Waals surface area contributed by atoms with Crippen LogP contribution < -0.4 is 5.56 Å². The molecular weight excluding hydrogens is 274 g/mol. The molecule has 0 aliphatic rings. The molecule has 6 nitrogen and oxygen atoms in total. The highest BCUT2D eigenvalue weighted by Crippen LogP contribution is 2.21. The maximum Gasteiger partial charge on any atom is 0.277 e. The molecule has 0 aliphatic carbocycles. The van der Waals surface area contributed by atoms with Crippen molar-refractivity contribution in [1.82, 2.24) is 19.9 Å². The molecule has 1 aromatic carbocycles. The van der Waals surface area contributed by atoms with Gasteiger partial charge in [0.25, 0.3) is 5.56 Å². The third kappa shape index (κ3) is 2.29. The summed E-state index contributed by atoms with van der Waals surface area (Å²) < 4.78 is 0. The van der Waals surface area contributed by atoms with Gasteiger partial charge in [-0.15, -0.1) is 0 Å². The van der Waals surface area contributed by atoms with E-state index >= 15 is 0 Å². The Kier molecular flexibility index (Phi) is 3.23. The van der Waals surface area contributed by atoms with Gasteiger partial charge < -0.3 is 4.98 Å². The maximum absolute atomic E-state index is 11.8. The third-order valence-electron chi connectivity index (χ3n) is 2.78. The molecule has 2 N–H and O–H groups in total. The van der Waals surface area contributed by atoms with Crippen molar-refractivity contribution in [1.29, 1.82) is 5.26 Å². The Morgan fingerprint density at radius 2 is 2.20 bits per heavy atom. The van der Waals surface area contributed by atoms with Gasteiger partial charge in [-0.05, 0) is 11.6 Å². The van der Waals surface area contributed by atoms with Crippen LogP contribution in [0, 0.1) is 11.3 Å². The number of rotatable bonds is 3. The lowest BCUT2D eigenvalue weighted by Crippen LogP contribution is -2.09. The maximum atomic E-state index is 11.8. The van der Waals surface area contributed by atoms with E-state index in [1.807, 2.05) is 18.2 Å². The zero-order valence-corrected chi connectivity index (χ0v) is 11.1. The van der Waals surface area contributed by atoms with Gasteiger partial charge >= 0.3 is 0 Å². The van der Waals surface area contributed by atoms with Gasteiger partial charge in [-0.2, -0.15) is 5.26 Å². The lowest BCUT2D eigenvalue weighted by atomic mass is 10.1. The highest BCUT2D eigenvalue weighted by Gasteiger charge is 2.07. The standard InChI is InChI=1S/C13H9N5OS/c14-5-8-3-1-2-4-9(8)6-20-13-17-11-10(12(19)18-13)15-7-16-11/h1-4,7H,6H2,(H2,15,16,17,18,19). The normalized spacial score (nSPS) is 10.6. The first-order valence-corrected chi connectivity index (χ1v) is 6.80. The molecule has 0 saturated heterocycles. The smallest absolute Gasteiger partial charge is 0.277 e. The van der Waals surface area contributed by atoms with Crippen LogP contribution in [0.5, 0.6) is 0 Å². The fourth-order valence-electron chi connectivity index (χ4n) is 1.79. The van der Waals surface area contributed by atoms with Crippen LogP contribution in [0.3, 0.4) is 0 Å². The number of hydrogen-bond acceptors (Lipinski definition) is 5. The molecule has 0 amide bonds. The molecule has 2 aromatic heterocycles. The van der Waals surface area contributed by atoms with Gasteiger partial charge in [0.15, 0.2) is 16.3 Å². The predicted molar refractivity (Wildman–Crippen MR) is 75.2 cm³/mol. The molecule has 0 radical (unpaired) electrons. The SMILES string of the molecule is N#Cc1ccccc1CSc1nc2nc[nH]c2c(=O)[nH]1. The van der Waals surface area contributed by atoms with Gasteiger partial charge in [-0.1, -0.05) is 30.0 Å². The molecule has 7 heteroatoms. The van der Waals surface area contributed by atoms with Gasteiger partial charge in [0.05, 0.1) is 18.0 Å². The van der Waals surface area contributed by atoms with Crippen LogP contribution in [-0.4, -0.2) is 19.9 Å². The van der Waals surface area contributed by atoms with Crippen molar-refractivity contribution in [3.8, 4) is 6.07 Å². The van der Waals surface area contributed by atoms with E-state index in [4.69, 9.17) is 5.26 Å². The number of nitriles is 1. The van der Waals surface area contributed by atoms with E-state index in [-0.39, 0.29) is 5.56 Å². The Morgan fingerprint density at radius 3 is 3.05 bits per heavy atom. The summed E-state index contributed by atoms with van der Waals surface area (Å²) in [4.78, 5) is 25.4. The molecule has 0 bridgehead atoms. The van der Waals surface area contributed by atoms with Crippen molar-refractivity contribution >= 4 is 22.9 Å². The van der Waals surface area contributed by atoms with E-state index in [1.54, 1.807) is 6.07 Å². The Hall–Kier alpha value is -2.59. The molecule has 3 aromatic rings. The highest BCUT2D eigenvalue weighted by molar-refractivity contribution is 7.98. The number of hydrogen-bond donors (Lipinski definition) is 2. The second-order valence-electron chi connectivity index (χ2n) is 4.03. The molecule has 98 valence electrons. The summed E-state index contributed by atoms with van der Waals surface area (Å²) in [6, 6.07) is 9.50. The average Bonchev–Trinajstić information content (AvgIpc) is 2.94. The number of fused-ring (bicyclic) bond motifs is 1. The summed E-state index contributed by atoms with van der Waals surface area (Å²) in [6.45, 7) is 0. The summed E-state index contributed by atoms with van der Waals surface area (Å²) in [7, 11) is 0. The van der Waals surface area contributed by atoms with Gasteiger partial charge in [0.1, 0.15) is 0 Å². The lowest BCUT2D eigenvalue weighted by molar-refractivity contribution is 0.964. The fraction of sp³-hybridized carbons (Fsp3) is 0.0769. The minimum Gasteiger partial charge on any atom is -0.339 e. The number of aromatic amines is 2. The first kappa shape index (κ1) is 12.4. The second-order valence-corrected chi connectivity index (χ2v) is 4.99. The Balaban J connectivity index is 1.87. The molecule has 0 saturated carbocycles. The van der Waals surface area contributed by atoms with Crippen molar-refractivity contribution in [3.63, 3.8) is 0 Å². The first-order valence-electron chi connectivity index (χ1n) is 5.82. The van der Waals surface area contributed by atoms with Crippen molar-refractivity contribution in [3.05, 3.63) is 52.1 Å². The minimum atomic E-state index is -0.247. The molecule has 0 aliphatic heterocycles. The lowest BCUT2D eigenvalue weighted by Gasteiger charge is -2.03. The number of aromatic nitrogens is 4. The van der Waals surface area contributed by atoms with E-state index < -0.39 is 0 Å². The van der Waals surface area contributed by atoms with Crippen LogP contribution in [-0.2, 0) is 5.75 Å². The van der Waals surface area contributed by atoms with Crippen molar-refractivity contribution in [2.75, 3.05) is 0 Å². The predicted octanol–water partition coefficient (Wildman–Crippen LogP) is 1.81. The molecule has 3 rings (SSSR count). The third-order valence-corrected chi connectivity index (χ3v) is 3.70. The monoisotopic (exact) mass is 283 g/mol.